The number of benzene rings is 3. The monoisotopic (exact) mass is 396 g/mol. The van der Waals surface area contributed by atoms with Crippen LogP contribution in [0.15, 0.2) is 82.6 Å². The molecule has 0 atom stereocenters. The predicted molar refractivity (Wildman–Crippen MR) is 97.1 cm³/mol. The first-order valence-electron chi connectivity index (χ1n) is 6.96. The first kappa shape index (κ1) is 21.5. The van der Waals surface area contributed by atoms with Crippen molar-refractivity contribution in [2.45, 2.75) is 9.79 Å². The van der Waals surface area contributed by atoms with Gasteiger partial charge in [0, 0.05) is 5.39 Å². The number of carbonyl (C=O) groups is 1. The Morgan fingerprint density at radius 1 is 0.615 bits per heavy atom. The lowest BCUT2D eigenvalue weighted by Crippen LogP contribution is -1.98. The highest BCUT2D eigenvalue weighted by Gasteiger charge is 2.12. The molecule has 0 aliphatic carbocycles. The molecule has 0 bridgehead atoms. The average Bonchev–Trinajstić information content (AvgIpc) is 2.63. The Hall–Kier alpha value is -2.59. The number of hydrogen-bond acceptors (Lipinski definition) is 5. The van der Waals surface area contributed by atoms with Crippen molar-refractivity contribution in [3.05, 3.63) is 72.8 Å². The van der Waals surface area contributed by atoms with Gasteiger partial charge in [-0.3, -0.25) is 9.11 Å². The average molecular weight is 396 g/mol. The van der Waals surface area contributed by atoms with Gasteiger partial charge in [-0.15, -0.1) is 0 Å². The number of carbonyl (C=O) groups excluding carboxylic acids is 1. The van der Waals surface area contributed by atoms with Crippen LogP contribution in [0.4, 0.5) is 0 Å². The highest BCUT2D eigenvalue weighted by atomic mass is 32.2. The Balaban J connectivity index is 0.000000249. The fourth-order valence-corrected chi connectivity index (χ4v) is 3.23. The van der Waals surface area contributed by atoms with E-state index in [4.69, 9.17) is 13.9 Å². The lowest BCUT2D eigenvalue weighted by atomic mass is 10.1. The summed E-state index contributed by atoms with van der Waals surface area (Å²) in [6, 6.07) is 19.2. The minimum atomic E-state index is -4.13. The van der Waals surface area contributed by atoms with Crippen molar-refractivity contribution in [1.82, 2.24) is 0 Å². The molecule has 2 N–H and O–H groups in total. The Labute approximate surface area is 151 Å². The van der Waals surface area contributed by atoms with Gasteiger partial charge in [0.15, 0.2) is 0 Å². The normalized spacial score (nSPS) is 10.8. The van der Waals surface area contributed by atoms with Gasteiger partial charge in [-0.1, -0.05) is 54.6 Å². The molecule has 3 aromatic rings. The molecule has 9 heteroatoms. The van der Waals surface area contributed by atoms with Crippen LogP contribution in [0.5, 0.6) is 0 Å². The van der Waals surface area contributed by atoms with E-state index in [0.717, 1.165) is 5.39 Å². The van der Waals surface area contributed by atoms with Gasteiger partial charge in [0.05, 0.1) is 4.90 Å². The van der Waals surface area contributed by atoms with Crippen molar-refractivity contribution >= 4 is 37.8 Å². The van der Waals surface area contributed by atoms with Crippen molar-refractivity contribution in [3.63, 3.8) is 0 Å². The molecule has 0 spiro atoms. The molecule has 0 heterocycles. The van der Waals surface area contributed by atoms with E-state index >= 15 is 0 Å². The third-order valence-electron chi connectivity index (χ3n) is 3.07. The predicted octanol–water partition coefficient (Wildman–Crippen LogP) is 2.83. The minimum absolute atomic E-state index is 0.0457. The molecular weight excluding hydrogens is 380 g/mol. The Bertz CT molecular complexity index is 1060. The largest absolute Gasteiger partial charge is 0.307 e. The third kappa shape index (κ3) is 6.05. The zero-order valence-corrected chi connectivity index (χ0v) is 15.0. The molecule has 0 amide bonds. The van der Waals surface area contributed by atoms with Crippen molar-refractivity contribution in [1.29, 1.82) is 0 Å². The number of rotatable bonds is 2. The Kier molecular flexibility index (Phi) is 7.59. The molecule has 0 aliphatic heterocycles. The smallest absolute Gasteiger partial charge is 0.295 e. The minimum Gasteiger partial charge on any atom is -0.307 e. The van der Waals surface area contributed by atoms with E-state index in [1.54, 1.807) is 48.5 Å². The van der Waals surface area contributed by atoms with Crippen molar-refractivity contribution in [2.24, 2.45) is 0 Å². The van der Waals surface area contributed by atoms with Gasteiger partial charge in [0.1, 0.15) is 11.7 Å². The second-order valence-corrected chi connectivity index (χ2v) is 7.55. The van der Waals surface area contributed by atoms with Crippen LogP contribution in [0.1, 0.15) is 0 Å². The second-order valence-electron chi connectivity index (χ2n) is 4.74. The Morgan fingerprint density at radius 3 is 1.62 bits per heavy atom. The molecule has 3 rings (SSSR count). The zero-order chi connectivity index (χ0) is 19.8. The van der Waals surface area contributed by atoms with Gasteiger partial charge in [-0.2, -0.15) is 16.8 Å². The molecule has 0 aliphatic rings. The molecule has 0 saturated carbocycles. The van der Waals surface area contributed by atoms with Crippen LogP contribution < -0.4 is 0 Å². The summed E-state index contributed by atoms with van der Waals surface area (Å²) in [7, 11) is -8.13. The zero-order valence-electron chi connectivity index (χ0n) is 13.4. The lowest BCUT2D eigenvalue weighted by molar-refractivity contribution is -0.0980. The van der Waals surface area contributed by atoms with Crippen LogP contribution in [0.25, 0.3) is 10.8 Å². The van der Waals surface area contributed by atoms with Crippen LogP contribution in [-0.4, -0.2) is 32.7 Å². The van der Waals surface area contributed by atoms with E-state index < -0.39 is 20.2 Å². The van der Waals surface area contributed by atoms with Crippen LogP contribution in [0.2, 0.25) is 0 Å². The molecule has 0 saturated heterocycles. The molecule has 0 fully saturated rings. The van der Waals surface area contributed by atoms with Gasteiger partial charge in [0.25, 0.3) is 20.2 Å². The van der Waals surface area contributed by atoms with E-state index in [1.165, 1.54) is 18.2 Å². The molecule has 0 radical (unpaired) electrons. The molecule has 26 heavy (non-hydrogen) atoms. The van der Waals surface area contributed by atoms with E-state index in [-0.39, 0.29) is 9.79 Å². The topological polar surface area (TPSA) is 126 Å². The highest BCUT2D eigenvalue weighted by molar-refractivity contribution is 7.86. The summed E-state index contributed by atoms with van der Waals surface area (Å²) >= 11 is 0. The van der Waals surface area contributed by atoms with E-state index in [1.807, 2.05) is 12.9 Å². The summed E-state index contributed by atoms with van der Waals surface area (Å²) < 4.78 is 60.2. The highest BCUT2D eigenvalue weighted by Crippen LogP contribution is 2.22. The maximum Gasteiger partial charge on any atom is 0.295 e. The van der Waals surface area contributed by atoms with Crippen molar-refractivity contribution in [2.75, 3.05) is 0 Å². The Morgan fingerprint density at radius 2 is 1.12 bits per heavy atom. The summed E-state index contributed by atoms with van der Waals surface area (Å²) in [5.41, 5.74) is 0. The molecule has 0 aromatic heterocycles. The fourth-order valence-electron chi connectivity index (χ4n) is 2.01. The van der Waals surface area contributed by atoms with Gasteiger partial charge in [-0.05, 0) is 23.6 Å². The van der Waals surface area contributed by atoms with E-state index in [0.29, 0.717) is 5.39 Å². The van der Waals surface area contributed by atoms with Gasteiger partial charge < -0.3 is 4.79 Å². The first-order valence-corrected chi connectivity index (χ1v) is 9.84. The van der Waals surface area contributed by atoms with Gasteiger partial charge in [0.2, 0.25) is 0 Å². The van der Waals surface area contributed by atoms with Crippen LogP contribution in [-0.2, 0) is 25.0 Å². The van der Waals surface area contributed by atoms with Crippen molar-refractivity contribution < 1.29 is 30.7 Å². The maximum atomic E-state index is 11.0. The first-order chi connectivity index (χ1) is 12.2. The molecule has 138 valence electrons. The van der Waals surface area contributed by atoms with E-state index in [9.17, 15) is 16.8 Å². The fraction of sp³-hybridized carbons (Fsp3) is 0. The molecule has 0 unspecified atom stereocenters. The molecule has 3 aromatic carbocycles. The maximum absolute atomic E-state index is 11.0. The second kappa shape index (κ2) is 9.20. The van der Waals surface area contributed by atoms with Crippen LogP contribution >= 0.6 is 0 Å². The summed E-state index contributed by atoms with van der Waals surface area (Å²) in [6.07, 6.45) is 0. The lowest BCUT2D eigenvalue weighted by Gasteiger charge is -2.02. The van der Waals surface area contributed by atoms with Gasteiger partial charge in [-0.25, -0.2) is 0 Å². The molecular formula is C17H16O7S2. The number of fused-ring (bicyclic) bond motifs is 1. The summed E-state index contributed by atoms with van der Waals surface area (Å²) in [6.45, 7) is 2.00. The van der Waals surface area contributed by atoms with Crippen molar-refractivity contribution in [3.8, 4) is 0 Å². The summed E-state index contributed by atoms with van der Waals surface area (Å²) in [4.78, 5) is 7.88. The summed E-state index contributed by atoms with van der Waals surface area (Å²) in [5, 5.41) is 1.33. The van der Waals surface area contributed by atoms with Crippen LogP contribution in [0.3, 0.4) is 0 Å². The quantitative estimate of drug-likeness (QED) is 0.638. The van der Waals surface area contributed by atoms with E-state index in [2.05, 4.69) is 0 Å². The number of hydrogen-bond donors (Lipinski definition) is 2. The standard InChI is InChI=1S/C10H8O3S.C6H6O3S.CH2O/c11-14(12,13)10-7-3-5-8-4-1-2-6-9(8)10;7-10(8,9)6-4-2-1-3-5-6;1-2/h1-7H,(H,11,12,13);1-5H,(H,7,8,9);1H2. The third-order valence-corrected chi connectivity index (χ3v) is 4.85. The summed E-state index contributed by atoms with van der Waals surface area (Å²) in [5.74, 6) is 0. The SMILES string of the molecule is C=O.O=S(=O)(O)c1cccc2ccccc12.O=S(=O)(O)c1ccccc1. The van der Waals surface area contributed by atoms with Crippen LogP contribution in [0, 0.1) is 0 Å². The van der Waals surface area contributed by atoms with Gasteiger partial charge >= 0.3 is 0 Å². The molecule has 7 nitrogen and oxygen atoms in total.